The molecular formula is C29H34N6O4S2. The molecule has 2 aliphatic heterocycles. The quantitative estimate of drug-likeness (QED) is 0.428. The first-order valence-electron chi connectivity index (χ1n) is 13.6. The minimum atomic E-state index is -0.207. The lowest BCUT2D eigenvalue weighted by Crippen LogP contribution is -2.50. The number of thiazole rings is 1. The highest BCUT2D eigenvalue weighted by atomic mass is 32.2. The largest absolute Gasteiger partial charge is 0.496 e. The van der Waals surface area contributed by atoms with Crippen LogP contribution in [-0.4, -0.2) is 92.0 Å². The Morgan fingerprint density at radius 1 is 1.00 bits per heavy atom. The van der Waals surface area contributed by atoms with Crippen LogP contribution in [0.5, 0.6) is 5.75 Å². The van der Waals surface area contributed by atoms with Gasteiger partial charge in [0.05, 0.1) is 23.1 Å². The molecule has 3 amide bonds. The molecule has 2 saturated heterocycles. The Morgan fingerprint density at radius 3 is 2.34 bits per heavy atom. The minimum Gasteiger partial charge on any atom is -0.496 e. The van der Waals surface area contributed by atoms with Gasteiger partial charge in [-0.15, -0.1) is 0 Å². The normalized spacial score (nSPS) is 15.5. The SMILES string of the molecule is COc1cc(C)c(Sc2cnc(NC(=O)c3ccc(N4CCNCC4)cc3)s2)cc1C(=O)N1CCN(C(C)=O)CC1. The number of amides is 3. The van der Waals surface area contributed by atoms with E-state index in [-0.39, 0.29) is 17.7 Å². The number of nitrogens with zero attached hydrogens (tertiary/aromatic N) is 4. The fourth-order valence-electron chi connectivity index (χ4n) is 4.89. The Labute approximate surface area is 248 Å². The summed E-state index contributed by atoms with van der Waals surface area (Å²) < 4.78 is 6.44. The number of rotatable bonds is 7. The van der Waals surface area contributed by atoms with E-state index in [2.05, 4.69) is 20.5 Å². The van der Waals surface area contributed by atoms with Crippen LogP contribution in [0.25, 0.3) is 0 Å². The Balaban J connectivity index is 1.24. The fourth-order valence-corrected chi connectivity index (χ4v) is 6.83. The lowest BCUT2D eigenvalue weighted by Gasteiger charge is -2.34. The first-order valence-corrected chi connectivity index (χ1v) is 15.2. The number of aromatic nitrogens is 1. The maximum absolute atomic E-state index is 13.4. The Bertz CT molecular complexity index is 1410. The summed E-state index contributed by atoms with van der Waals surface area (Å²) in [5.74, 6) is 0.215. The van der Waals surface area contributed by atoms with E-state index in [1.807, 2.05) is 43.3 Å². The van der Waals surface area contributed by atoms with Crippen molar-refractivity contribution >= 4 is 51.6 Å². The van der Waals surface area contributed by atoms with Crippen molar-refractivity contribution in [1.82, 2.24) is 20.1 Å². The van der Waals surface area contributed by atoms with Crippen molar-refractivity contribution in [2.45, 2.75) is 23.0 Å². The van der Waals surface area contributed by atoms with Crippen molar-refractivity contribution in [3.63, 3.8) is 0 Å². The number of benzene rings is 2. The molecule has 216 valence electrons. The number of hydrogen-bond acceptors (Lipinski definition) is 9. The highest BCUT2D eigenvalue weighted by Gasteiger charge is 2.26. The van der Waals surface area contributed by atoms with E-state index in [9.17, 15) is 14.4 Å². The predicted molar refractivity (Wildman–Crippen MR) is 162 cm³/mol. The molecule has 10 nitrogen and oxygen atoms in total. The first kappa shape index (κ1) is 28.9. The summed E-state index contributed by atoms with van der Waals surface area (Å²) in [5.41, 5.74) is 3.14. The molecular weight excluding hydrogens is 560 g/mol. The van der Waals surface area contributed by atoms with Crippen LogP contribution in [0.4, 0.5) is 10.8 Å². The number of ether oxygens (including phenoxy) is 1. The van der Waals surface area contributed by atoms with Gasteiger partial charge in [-0.2, -0.15) is 0 Å². The second-order valence-electron chi connectivity index (χ2n) is 9.94. The van der Waals surface area contributed by atoms with Gasteiger partial charge in [-0.1, -0.05) is 23.1 Å². The second kappa shape index (κ2) is 12.9. The van der Waals surface area contributed by atoms with Crippen LogP contribution in [0.15, 0.2) is 51.7 Å². The van der Waals surface area contributed by atoms with E-state index >= 15 is 0 Å². The molecule has 2 aromatic carbocycles. The van der Waals surface area contributed by atoms with Crippen LogP contribution >= 0.6 is 23.1 Å². The van der Waals surface area contributed by atoms with Crippen molar-refractivity contribution in [2.24, 2.45) is 0 Å². The first-order chi connectivity index (χ1) is 19.8. The van der Waals surface area contributed by atoms with Gasteiger partial charge in [0.2, 0.25) is 5.91 Å². The summed E-state index contributed by atoms with van der Waals surface area (Å²) in [5, 5.41) is 6.76. The molecule has 0 radical (unpaired) electrons. The number of carbonyl (C=O) groups is 3. The lowest BCUT2D eigenvalue weighted by atomic mass is 10.1. The highest BCUT2D eigenvalue weighted by Crippen LogP contribution is 2.38. The van der Waals surface area contributed by atoms with Crippen LogP contribution in [0.3, 0.4) is 0 Å². The molecule has 0 saturated carbocycles. The van der Waals surface area contributed by atoms with Gasteiger partial charge in [0.1, 0.15) is 5.75 Å². The summed E-state index contributed by atoms with van der Waals surface area (Å²) in [6, 6.07) is 11.4. The third-order valence-corrected chi connectivity index (χ3v) is 9.44. The van der Waals surface area contributed by atoms with Crippen LogP contribution in [-0.2, 0) is 4.79 Å². The van der Waals surface area contributed by atoms with Crippen molar-refractivity contribution in [2.75, 3.05) is 69.7 Å². The Morgan fingerprint density at radius 2 is 1.68 bits per heavy atom. The molecule has 3 heterocycles. The van der Waals surface area contributed by atoms with Crippen LogP contribution < -0.4 is 20.3 Å². The minimum absolute atomic E-state index is 0.0209. The average Bonchev–Trinajstić information content (AvgIpc) is 3.44. The molecule has 12 heteroatoms. The van der Waals surface area contributed by atoms with E-state index in [4.69, 9.17) is 4.74 Å². The summed E-state index contributed by atoms with van der Waals surface area (Å²) in [4.78, 5) is 49.1. The van der Waals surface area contributed by atoms with Gasteiger partial charge in [0.15, 0.2) is 5.13 Å². The van der Waals surface area contributed by atoms with Gasteiger partial charge in [0, 0.05) is 75.4 Å². The van der Waals surface area contributed by atoms with Gasteiger partial charge in [-0.05, 0) is 48.9 Å². The molecule has 5 rings (SSSR count). The number of hydrogen-bond donors (Lipinski definition) is 2. The van der Waals surface area contributed by atoms with Crippen molar-refractivity contribution in [1.29, 1.82) is 0 Å². The number of aryl methyl sites for hydroxylation is 1. The molecule has 0 bridgehead atoms. The molecule has 2 fully saturated rings. The van der Waals surface area contributed by atoms with Gasteiger partial charge >= 0.3 is 0 Å². The Kier molecular flexibility index (Phi) is 9.11. The molecule has 2 aliphatic rings. The zero-order chi connectivity index (χ0) is 28.9. The zero-order valence-electron chi connectivity index (χ0n) is 23.4. The van der Waals surface area contributed by atoms with E-state index in [0.717, 1.165) is 46.5 Å². The van der Waals surface area contributed by atoms with Gasteiger partial charge in [-0.3, -0.25) is 19.7 Å². The standard InChI is InChI=1S/C29H34N6O4S2/c1-19-16-24(39-3)23(28(38)35-14-12-33(13-15-35)20(2)36)17-25(19)40-26-18-31-29(41-26)32-27(37)21-4-6-22(7-5-21)34-10-8-30-9-11-34/h4-7,16-18,30H,8-15H2,1-3H3,(H,31,32,37). The fraction of sp³-hybridized carbons (Fsp3) is 0.379. The molecule has 0 atom stereocenters. The molecule has 0 aliphatic carbocycles. The third kappa shape index (κ3) is 6.83. The predicted octanol–water partition coefficient (Wildman–Crippen LogP) is 3.58. The highest BCUT2D eigenvalue weighted by molar-refractivity contribution is 8.01. The van der Waals surface area contributed by atoms with Crippen LogP contribution in [0.1, 0.15) is 33.2 Å². The van der Waals surface area contributed by atoms with Crippen molar-refractivity contribution < 1.29 is 19.1 Å². The van der Waals surface area contributed by atoms with Crippen molar-refractivity contribution in [3.8, 4) is 5.75 Å². The molecule has 0 unspecified atom stereocenters. The number of carbonyl (C=O) groups excluding carboxylic acids is 3. The Hall–Kier alpha value is -3.61. The van der Waals surface area contributed by atoms with E-state index < -0.39 is 0 Å². The number of methoxy groups -OCH3 is 1. The van der Waals surface area contributed by atoms with E-state index in [1.165, 1.54) is 23.1 Å². The summed E-state index contributed by atoms with van der Waals surface area (Å²) in [6.45, 7) is 9.34. The summed E-state index contributed by atoms with van der Waals surface area (Å²) >= 11 is 2.87. The van der Waals surface area contributed by atoms with Crippen LogP contribution in [0.2, 0.25) is 0 Å². The molecule has 1 aromatic heterocycles. The summed E-state index contributed by atoms with van der Waals surface area (Å²) in [7, 11) is 1.56. The van der Waals surface area contributed by atoms with Gasteiger partial charge in [-0.25, -0.2) is 4.98 Å². The molecule has 41 heavy (non-hydrogen) atoms. The van der Waals surface area contributed by atoms with Crippen LogP contribution in [0, 0.1) is 6.92 Å². The average molecular weight is 595 g/mol. The maximum Gasteiger partial charge on any atom is 0.257 e. The van der Waals surface area contributed by atoms with Gasteiger partial charge in [0.25, 0.3) is 11.8 Å². The van der Waals surface area contributed by atoms with E-state index in [0.29, 0.717) is 48.2 Å². The van der Waals surface area contributed by atoms with E-state index in [1.54, 1.807) is 30.0 Å². The smallest absolute Gasteiger partial charge is 0.257 e. The summed E-state index contributed by atoms with van der Waals surface area (Å²) in [6.07, 6.45) is 1.73. The van der Waals surface area contributed by atoms with Gasteiger partial charge < -0.3 is 24.8 Å². The monoisotopic (exact) mass is 594 g/mol. The maximum atomic E-state index is 13.4. The lowest BCUT2D eigenvalue weighted by molar-refractivity contribution is -0.130. The second-order valence-corrected chi connectivity index (χ2v) is 12.3. The number of anilines is 2. The van der Waals surface area contributed by atoms with Crippen molar-refractivity contribution in [3.05, 3.63) is 59.3 Å². The third-order valence-electron chi connectivity index (χ3n) is 7.27. The number of piperazine rings is 2. The molecule has 3 aromatic rings. The number of nitrogens with one attached hydrogen (secondary N) is 2. The molecule has 0 spiro atoms. The topological polar surface area (TPSA) is 107 Å². The molecule has 2 N–H and O–H groups in total. The zero-order valence-corrected chi connectivity index (χ0v) is 25.1.